The van der Waals surface area contributed by atoms with Crippen LogP contribution in [0.4, 0.5) is 0 Å². The molecule has 1 aliphatic carbocycles. The summed E-state index contributed by atoms with van der Waals surface area (Å²) in [5.41, 5.74) is 0.0869. The summed E-state index contributed by atoms with van der Waals surface area (Å²) in [7, 11) is 1.76. The van der Waals surface area contributed by atoms with Crippen molar-refractivity contribution in [2.24, 2.45) is 5.41 Å². The molecular weight excluding hydrogens is 176 g/mol. The van der Waals surface area contributed by atoms with E-state index in [1.165, 1.54) is 6.42 Å². The van der Waals surface area contributed by atoms with Crippen LogP contribution in [-0.4, -0.2) is 19.3 Å². The molecule has 0 N–H and O–H groups in total. The highest BCUT2D eigenvalue weighted by Crippen LogP contribution is 2.52. The zero-order valence-electron chi connectivity index (χ0n) is 9.43. The minimum atomic E-state index is -0.125. The van der Waals surface area contributed by atoms with E-state index < -0.39 is 0 Å². The van der Waals surface area contributed by atoms with Crippen molar-refractivity contribution in [1.29, 1.82) is 0 Å². The maximum Gasteiger partial charge on any atom is 0.130 e. The zero-order chi connectivity index (χ0) is 10.2. The first-order valence-corrected chi connectivity index (χ1v) is 5.51. The summed E-state index contributed by atoms with van der Waals surface area (Å²) in [5.74, 6) is 1.06. The second-order valence-electron chi connectivity index (χ2n) is 4.97. The van der Waals surface area contributed by atoms with Crippen LogP contribution >= 0.6 is 0 Å². The Morgan fingerprint density at radius 1 is 1.36 bits per heavy atom. The quantitative estimate of drug-likeness (QED) is 0.642. The molecule has 2 aliphatic rings. The Labute approximate surface area is 86.3 Å². The average molecular weight is 196 g/mol. The molecule has 80 valence electrons. The van der Waals surface area contributed by atoms with E-state index >= 15 is 0 Å². The standard InChI is InChI=1S/C12H20O2/c1-11(2)7-4-6-10(13-3)12(11)8-5-9-14-12/h6H,4-5,7-9H2,1-3H3. The number of rotatable bonds is 1. The molecule has 1 unspecified atom stereocenters. The van der Waals surface area contributed by atoms with Crippen LogP contribution in [-0.2, 0) is 9.47 Å². The van der Waals surface area contributed by atoms with E-state index in [1.807, 2.05) is 0 Å². The predicted molar refractivity (Wildman–Crippen MR) is 56.0 cm³/mol. The number of ether oxygens (including phenoxy) is 2. The van der Waals surface area contributed by atoms with Crippen LogP contribution in [0.2, 0.25) is 0 Å². The van der Waals surface area contributed by atoms with E-state index in [0.717, 1.165) is 31.6 Å². The first-order chi connectivity index (χ1) is 6.62. The molecule has 0 radical (unpaired) electrons. The second-order valence-corrected chi connectivity index (χ2v) is 4.97. The maximum absolute atomic E-state index is 6.01. The molecule has 1 aliphatic heterocycles. The van der Waals surface area contributed by atoms with Crippen LogP contribution in [0.3, 0.4) is 0 Å². The van der Waals surface area contributed by atoms with Gasteiger partial charge in [0.05, 0.1) is 7.11 Å². The van der Waals surface area contributed by atoms with Crippen molar-refractivity contribution in [3.05, 3.63) is 11.8 Å². The van der Waals surface area contributed by atoms with Gasteiger partial charge in [0.25, 0.3) is 0 Å². The highest BCUT2D eigenvalue weighted by atomic mass is 16.5. The molecule has 1 saturated heterocycles. The third-order valence-corrected chi connectivity index (χ3v) is 3.83. The van der Waals surface area contributed by atoms with E-state index in [2.05, 4.69) is 19.9 Å². The van der Waals surface area contributed by atoms with Crippen LogP contribution in [0.25, 0.3) is 0 Å². The maximum atomic E-state index is 6.01. The van der Waals surface area contributed by atoms with E-state index in [0.29, 0.717) is 0 Å². The largest absolute Gasteiger partial charge is 0.498 e. The summed E-state index contributed by atoms with van der Waals surface area (Å²) in [4.78, 5) is 0. The lowest BCUT2D eigenvalue weighted by atomic mass is 9.66. The molecule has 0 aromatic carbocycles. The van der Waals surface area contributed by atoms with Crippen molar-refractivity contribution >= 4 is 0 Å². The molecule has 0 aromatic rings. The molecule has 1 heterocycles. The Bertz CT molecular complexity index is 247. The topological polar surface area (TPSA) is 18.5 Å². The van der Waals surface area contributed by atoms with Gasteiger partial charge in [-0.15, -0.1) is 0 Å². The van der Waals surface area contributed by atoms with Gasteiger partial charge in [-0.05, 0) is 31.8 Å². The Morgan fingerprint density at radius 2 is 2.14 bits per heavy atom. The summed E-state index contributed by atoms with van der Waals surface area (Å²) < 4.78 is 11.5. The van der Waals surface area contributed by atoms with Gasteiger partial charge in [-0.1, -0.05) is 13.8 Å². The van der Waals surface area contributed by atoms with Gasteiger partial charge < -0.3 is 9.47 Å². The highest BCUT2D eigenvalue weighted by Gasteiger charge is 2.53. The lowest BCUT2D eigenvalue weighted by Gasteiger charge is -2.46. The zero-order valence-corrected chi connectivity index (χ0v) is 9.43. The van der Waals surface area contributed by atoms with Gasteiger partial charge in [-0.25, -0.2) is 0 Å². The predicted octanol–water partition coefficient (Wildman–Crippen LogP) is 2.89. The van der Waals surface area contributed by atoms with Crippen LogP contribution in [0.5, 0.6) is 0 Å². The summed E-state index contributed by atoms with van der Waals surface area (Å²) in [6.07, 6.45) is 6.78. The van der Waals surface area contributed by atoms with Gasteiger partial charge >= 0.3 is 0 Å². The first kappa shape index (κ1) is 10.0. The molecular formula is C12H20O2. The Balaban J connectivity index is 2.38. The Kier molecular flexibility index (Phi) is 2.34. The molecule has 1 fully saturated rings. The van der Waals surface area contributed by atoms with E-state index in [-0.39, 0.29) is 11.0 Å². The normalized spacial score (nSPS) is 35.8. The minimum absolute atomic E-state index is 0.125. The molecule has 0 amide bonds. The minimum Gasteiger partial charge on any atom is -0.498 e. The van der Waals surface area contributed by atoms with Gasteiger partial charge in [0.2, 0.25) is 0 Å². The fourth-order valence-corrected chi connectivity index (χ4v) is 2.88. The number of hydrogen-bond donors (Lipinski definition) is 0. The SMILES string of the molecule is COC1=CCCC(C)(C)C12CCCO2. The monoisotopic (exact) mass is 196 g/mol. The van der Waals surface area contributed by atoms with Gasteiger partial charge in [-0.2, -0.15) is 0 Å². The second kappa shape index (κ2) is 3.27. The van der Waals surface area contributed by atoms with Crippen LogP contribution in [0, 0.1) is 5.41 Å². The lowest BCUT2D eigenvalue weighted by Crippen LogP contribution is -2.48. The van der Waals surface area contributed by atoms with Crippen LogP contribution in [0.15, 0.2) is 11.8 Å². The van der Waals surface area contributed by atoms with E-state index in [9.17, 15) is 0 Å². The number of methoxy groups -OCH3 is 1. The fraction of sp³-hybridized carbons (Fsp3) is 0.833. The third kappa shape index (κ3) is 1.20. The lowest BCUT2D eigenvalue weighted by molar-refractivity contribution is -0.0963. The van der Waals surface area contributed by atoms with Crippen molar-refractivity contribution < 1.29 is 9.47 Å². The van der Waals surface area contributed by atoms with Gasteiger partial charge in [0, 0.05) is 12.0 Å². The van der Waals surface area contributed by atoms with Crippen molar-refractivity contribution in [2.75, 3.05) is 13.7 Å². The Hall–Kier alpha value is -0.500. The van der Waals surface area contributed by atoms with Crippen molar-refractivity contribution in [3.8, 4) is 0 Å². The Morgan fingerprint density at radius 3 is 2.71 bits per heavy atom. The van der Waals surface area contributed by atoms with Gasteiger partial charge in [0.1, 0.15) is 11.4 Å². The number of allylic oxidation sites excluding steroid dienone is 1. The highest BCUT2D eigenvalue weighted by molar-refractivity contribution is 5.21. The van der Waals surface area contributed by atoms with Crippen molar-refractivity contribution in [1.82, 2.24) is 0 Å². The molecule has 0 saturated carbocycles. The van der Waals surface area contributed by atoms with Crippen LogP contribution < -0.4 is 0 Å². The van der Waals surface area contributed by atoms with Crippen LogP contribution in [0.1, 0.15) is 39.5 Å². The van der Waals surface area contributed by atoms with Gasteiger partial charge in [0.15, 0.2) is 0 Å². The average Bonchev–Trinajstić information content (AvgIpc) is 2.61. The summed E-state index contributed by atoms with van der Waals surface area (Å²) >= 11 is 0. The van der Waals surface area contributed by atoms with Gasteiger partial charge in [-0.3, -0.25) is 0 Å². The van der Waals surface area contributed by atoms with Crippen molar-refractivity contribution in [3.63, 3.8) is 0 Å². The molecule has 0 bridgehead atoms. The smallest absolute Gasteiger partial charge is 0.130 e. The molecule has 0 aromatic heterocycles. The molecule has 1 atom stereocenters. The van der Waals surface area contributed by atoms with Crippen molar-refractivity contribution in [2.45, 2.75) is 45.1 Å². The summed E-state index contributed by atoms with van der Waals surface area (Å²) in [6.45, 7) is 5.47. The summed E-state index contributed by atoms with van der Waals surface area (Å²) in [6, 6.07) is 0. The third-order valence-electron chi connectivity index (χ3n) is 3.83. The van der Waals surface area contributed by atoms with E-state index in [4.69, 9.17) is 9.47 Å². The number of hydrogen-bond acceptors (Lipinski definition) is 2. The molecule has 14 heavy (non-hydrogen) atoms. The summed E-state index contributed by atoms with van der Waals surface area (Å²) in [5, 5.41) is 0. The fourth-order valence-electron chi connectivity index (χ4n) is 2.88. The molecule has 2 nitrogen and oxygen atoms in total. The molecule has 2 heteroatoms. The molecule has 1 spiro atoms. The molecule has 2 rings (SSSR count). The first-order valence-electron chi connectivity index (χ1n) is 5.51. The van der Waals surface area contributed by atoms with E-state index in [1.54, 1.807) is 7.11 Å².